The van der Waals surface area contributed by atoms with E-state index in [1.54, 1.807) is 12.2 Å². The number of aliphatic imine (C=N–C) groups is 1. The fraction of sp³-hybridized carbons (Fsp3) is 0.0625. The van der Waals surface area contributed by atoms with Gasteiger partial charge in [-0.2, -0.15) is 0 Å². The van der Waals surface area contributed by atoms with Crippen molar-refractivity contribution in [2.24, 2.45) is 4.99 Å². The molecule has 1 aliphatic heterocycles. The number of carbonyl (C=O) groups excluding carboxylic acids is 1. The summed E-state index contributed by atoms with van der Waals surface area (Å²) in [6.07, 6.45) is 15.3. The summed E-state index contributed by atoms with van der Waals surface area (Å²) in [6, 6.07) is 15.6. The van der Waals surface area contributed by atoms with E-state index < -0.39 is 0 Å². The molecular formula is C32H28N2O2. The molecule has 0 unspecified atom stereocenters. The van der Waals surface area contributed by atoms with E-state index in [1.165, 1.54) is 0 Å². The molecule has 4 rings (SSSR count). The maximum atomic E-state index is 13.0. The number of carbonyl (C=O) groups is 1. The van der Waals surface area contributed by atoms with Gasteiger partial charge in [0.15, 0.2) is 5.88 Å². The Kier molecular flexibility index (Phi) is 7.26. The van der Waals surface area contributed by atoms with Crippen LogP contribution < -0.4 is 0 Å². The molecule has 4 nitrogen and oxygen atoms in total. The molecule has 0 saturated heterocycles. The zero-order valence-corrected chi connectivity index (χ0v) is 20.5. The number of aromatic nitrogens is 1. The van der Waals surface area contributed by atoms with Crippen molar-refractivity contribution >= 4 is 22.8 Å². The number of aromatic hydroxyl groups is 1. The van der Waals surface area contributed by atoms with E-state index in [0.29, 0.717) is 22.5 Å². The molecule has 2 N–H and O–H groups in total. The number of benzene rings is 2. The van der Waals surface area contributed by atoms with Crippen molar-refractivity contribution in [2.45, 2.75) is 13.8 Å². The number of rotatable bonds is 8. The summed E-state index contributed by atoms with van der Waals surface area (Å²) < 4.78 is 0. The van der Waals surface area contributed by atoms with Crippen LogP contribution in [0.25, 0.3) is 22.4 Å². The van der Waals surface area contributed by atoms with Crippen molar-refractivity contribution < 1.29 is 9.90 Å². The minimum atomic E-state index is -0.373. The fourth-order valence-corrected chi connectivity index (χ4v) is 4.33. The highest BCUT2D eigenvalue weighted by Gasteiger charge is 2.33. The monoisotopic (exact) mass is 472 g/mol. The van der Waals surface area contributed by atoms with Gasteiger partial charge in [0.05, 0.1) is 22.5 Å². The van der Waals surface area contributed by atoms with Crippen LogP contribution in [0.15, 0.2) is 115 Å². The first-order valence-electron chi connectivity index (χ1n) is 11.7. The number of amides is 1. The number of hydrogen-bond acceptors (Lipinski definition) is 2. The topological polar surface area (TPSA) is 65.5 Å². The SMILES string of the molecule is C=C/C=C(\C=C/C)c1ccc(C2=NC(=O)c3c(-c4ccc(C(/C=C\C)=C/C=C)cc4)[nH]c(O)c32)cc1. The zero-order valence-electron chi connectivity index (χ0n) is 20.5. The van der Waals surface area contributed by atoms with E-state index in [2.05, 4.69) is 23.1 Å². The van der Waals surface area contributed by atoms with Crippen LogP contribution in [0.1, 0.15) is 46.5 Å². The molecule has 0 atom stereocenters. The van der Waals surface area contributed by atoms with Crippen LogP contribution in [0, 0.1) is 0 Å². The Morgan fingerprint density at radius 1 is 0.806 bits per heavy atom. The van der Waals surface area contributed by atoms with Crippen LogP contribution in [-0.4, -0.2) is 21.7 Å². The van der Waals surface area contributed by atoms with Crippen LogP contribution in [0.3, 0.4) is 0 Å². The lowest BCUT2D eigenvalue weighted by atomic mass is 9.97. The van der Waals surface area contributed by atoms with Crippen molar-refractivity contribution in [2.75, 3.05) is 0 Å². The first-order chi connectivity index (χ1) is 17.5. The summed E-state index contributed by atoms with van der Waals surface area (Å²) in [7, 11) is 0. The Morgan fingerprint density at radius 3 is 1.78 bits per heavy atom. The molecule has 0 saturated carbocycles. The summed E-state index contributed by atoms with van der Waals surface area (Å²) in [6.45, 7) is 11.5. The summed E-state index contributed by atoms with van der Waals surface area (Å²) in [5.74, 6) is -0.443. The number of allylic oxidation sites excluding steroid dienone is 10. The third kappa shape index (κ3) is 4.62. The number of fused-ring (bicyclic) bond motifs is 1. The van der Waals surface area contributed by atoms with Gasteiger partial charge in [-0.1, -0.05) is 110 Å². The smallest absolute Gasteiger partial charge is 0.280 e. The Labute approximate surface area is 211 Å². The van der Waals surface area contributed by atoms with E-state index in [1.807, 2.05) is 98.8 Å². The second kappa shape index (κ2) is 10.7. The molecule has 1 aliphatic rings. The molecule has 0 spiro atoms. The molecule has 2 heterocycles. The first kappa shape index (κ1) is 24.4. The molecule has 36 heavy (non-hydrogen) atoms. The van der Waals surface area contributed by atoms with Crippen LogP contribution in [0.4, 0.5) is 0 Å². The van der Waals surface area contributed by atoms with E-state index in [-0.39, 0.29) is 11.8 Å². The van der Waals surface area contributed by atoms with Gasteiger partial charge in [0.2, 0.25) is 0 Å². The van der Waals surface area contributed by atoms with Crippen molar-refractivity contribution in [3.63, 3.8) is 0 Å². The second-order valence-corrected chi connectivity index (χ2v) is 8.23. The Bertz CT molecular complexity index is 1470. The average molecular weight is 473 g/mol. The highest BCUT2D eigenvalue weighted by atomic mass is 16.3. The zero-order chi connectivity index (χ0) is 25.7. The minimum absolute atomic E-state index is 0.0694. The van der Waals surface area contributed by atoms with Crippen LogP contribution in [-0.2, 0) is 0 Å². The summed E-state index contributed by atoms with van der Waals surface area (Å²) in [4.78, 5) is 20.3. The van der Waals surface area contributed by atoms with Crippen molar-refractivity contribution in [1.82, 2.24) is 4.98 Å². The van der Waals surface area contributed by atoms with Crippen LogP contribution in [0.2, 0.25) is 0 Å². The largest absolute Gasteiger partial charge is 0.494 e. The van der Waals surface area contributed by atoms with Crippen molar-refractivity contribution in [1.29, 1.82) is 0 Å². The summed E-state index contributed by atoms with van der Waals surface area (Å²) >= 11 is 0. The first-order valence-corrected chi connectivity index (χ1v) is 11.7. The lowest BCUT2D eigenvalue weighted by Crippen LogP contribution is -2.00. The quantitative estimate of drug-likeness (QED) is 0.330. The summed E-state index contributed by atoms with van der Waals surface area (Å²) in [5, 5.41) is 10.8. The molecule has 0 aliphatic carbocycles. The number of nitrogens with zero attached hydrogens (tertiary/aromatic N) is 1. The molecular weight excluding hydrogens is 444 g/mol. The van der Waals surface area contributed by atoms with Gasteiger partial charge in [-0.3, -0.25) is 4.79 Å². The van der Waals surface area contributed by atoms with Crippen molar-refractivity contribution in [3.8, 4) is 17.1 Å². The maximum Gasteiger partial charge on any atom is 0.280 e. The third-order valence-corrected chi connectivity index (χ3v) is 5.93. The second-order valence-electron chi connectivity index (χ2n) is 8.23. The Hall–Kier alpha value is -4.70. The maximum absolute atomic E-state index is 13.0. The van der Waals surface area contributed by atoms with Gasteiger partial charge in [0.1, 0.15) is 0 Å². The van der Waals surface area contributed by atoms with E-state index in [4.69, 9.17) is 0 Å². The highest BCUT2D eigenvalue weighted by Crippen LogP contribution is 2.38. The van der Waals surface area contributed by atoms with Crippen LogP contribution >= 0.6 is 0 Å². The summed E-state index contributed by atoms with van der Waals surface area (Å²) in [5.41, 5.74) is 7.48. The molecule has 178 valence electrons. The predicted octanol–water partition coefficient (Wildman–Crippen LogP) is 7.67. The van der Waals surface area contributed by atoms with Gasteiger partial charge >= 0.3 is 0 Å². The normalized spacial score (nSPS) is 13.9. The third-order valence-electron chi connectivity index (χ3n) is 5.93. The molecule has 0 bridgehead atoms. The van der Waals surface area contributed by atoms with Crippen LogP contribution in [0.5, 0.6) is 5.88 Å². The molecule has 1 aromatic heterocycles. The number of H-pyrrole nitrogens is 1. The van der Waals surface area contributed by atoms with Gasteiger partial charge in [0.25, 0.3) is 5.91 Å². The van der Waals surface area contributed by atoms with E-state index >= 15 is 0 Å². The van der Waals surface area contributed by atoms with E-state index in [0.717, 1.165) is 33.4 Å². The standard InChI is InChI=1S/C32H28N2O2/c1-5-9-21(10-6-2)23-13-17-25(18-14-23)29-27-28(32(36)33-29)30(34-31(27)35)26-19-15-24(16-20-26)22(11-7-3)12-8-4/h5-20,33,36H,1,3H2,2,4H3/b10-6-,12-8-,21-9+,22-11+. The predicted molar refractivity (Wildman–Crippen MR) is 150 cm³/mol. The highest BCUT2D eigenvalue weighted by molar-refractivity contribution is 6.30. The van der Waals surface area contributed by atoms with Gasteiger partial charge < -0.3 is 10.1 Å². The van der Waals surface area contributed by atoms with Gasteiger partial charge in [-0.05, 0) is 41.7 Å². The fourth-order valence-electron chi connectivity index (χ4n) is 4.33. The van der Waals surface area contributed by atoms with Gasteiger partial charge in [-0.15, -0.1) is 0 Å². The lowest BCUT2D eigenvalue weighted by Gasteiger charge is -2.05. The van der Waals surface area contributed by atoms with E-state index in [9.17, 15) is 9.90 Å². The van der Waals surface area contributed by atoms with Gasteiger partial charge in [-0.25, -0.2) is 4.99 Å². The molecule has 3 aromatic rings. The van der Waals surface area contributed by atoms with Crippen molar-refractivity contribution in [3.05, 3.63) is 138 Å². The number of nitrogens with one attached hydrogen (secondary N) is 1. The Balaban J connectivity index is 1.70. The lowest BCUT2D eigenvalue weighted by molar-refractivity contribution is 0.101. The molecule has 0 fully saturated rings. The number of aromatic amines is 1. The molecule has 1 amide bonds. The Morgan fingerprint density at radius 2 is 1.31 bits per heavy atom. The average Bonchev–Trinajstić information content (AvgIpc) is 3.42. The van der Waals surface area contributed by atoms with Gasteiger partial charge in [0, 0.05) is 5.56 Å². The number of hydrogen-bond donors (Lipinski definition) is 2. The molecule has 0 radical (unpaired) electrons. The molecule has 2 aromatic carbocycles. The minimum Gasteiger partial charge on any atom is -0.494 e. The molecule has 4 heteroatoms.